The van der Waals surface area contributed by atoms with Crippen molar-refractivity contribution < 1.29 is 14.3 Å². The zero-order valence-electron chi connectivity index (χ0n) is 15.2. The molecule has 2 aliphatic heterocycles. The van der Waals surface area contributed by atoms with E-state index in [1.54, 1.807) is 11.1 Å². The second-order valence-corrected chi connectivity index (χ2v) is 7.55. The second-order valence-electron chi connectivity index (χ2n) is 7.55. The molecular formula is C17H27N5O3. The first kappa shape index (κ1) is 18.0. The highest BCUT2D eigenvalue weighted by molar-refractivity contribution is 5.95. The second kappa shape index (κ2) is 7.23. The van der Waals surface area contributed by atoms with Crippen molar-refractivity contribution in [3.05, 3.63) is 17.5 Å². The molecule has 0 aliphatic carbocycles. The minimum absolute atomic E-state index is 0.0322. The smallest absolute Gasteiger partial charge is 0.274 e. The molecule has 1 atom stereocenters. The number of carbonyl (C=O) groups excluding carboxylic acids is 2. The number of piperazine rings is 1. The van der Waals surface area contributed by atoms with Crippen LogP contribution in [0.1, 0.15) is 47.7 Å². The van der Waals surface area contributed by atoms with Crippen LogP contribution in [0.5, 0.6) is 0 Å². The van der Waals surface area contributed by atoms with Gasteiger partial charge in [0.05, 0.1) is 13.2 Å². The molecule has 3 heterocycles. The molecular weight excluding hydrogens is 322 g/mol. The van der Waals surface area contributed by atoms with Gasteiger partial charge in [-0.1, -0.05) is 20.8 Å². The molecule has 1 aromatic rings. The number of hydrogen-bond acceptors (Lipinski definition) is 6. The van der Waals surface area contributed by atoms with Gasteiger partial charge in [-0.15, -0.1) is 0 Å². The van der Waals surface area contributed by atoms with Gasteiger partial charge in [-0.25, -0.2) is 4.68 Å². The van der Waals surface area contributed by atoms with E-state index in [4.69, 9.17) is 4.74 Å². The van der Waals surface area contributed by atoms with Gasteiger partial charge in [0.1, 0.15) is 0 Å². The summed E-state index contributed by atoms with van der Waals surface area (Å²) in [6, 6.07) is -0.0322. The number of nitrogens with one attached hydrogen (secondary N) is 2. The fourth-order valence-electron chi connectivity index (χ4n) is 3.05. The zero-order chi connectivity index (χ0) is 18.0. The Morgan fingerprint density at radius 1 is 1.24 bits per heavy atom. The van der Waals surface area contributed by atoms with Crippen LogP contribution in [0.4, 0.5) is 0 Å². The highest BCUT2D eigenvalue weighted by Gasteiger charge is 2.32. The lowest BCUT2D eigenvalue weighted by atomic mass is 9.96. The third-order valence-corrected chi connectivity index (χ3v) is 4.51. The topological polar surface area (TPSA) is 88.5 Å². The van der Waals surface area contributed by atoms with E-state index in [9.17, 15) is 9.59 Å². The SMILES string of the molecule is CC(C)(C)C(=O)n1cc(C2CNCCN2)c(C(=O)N2CCOCC2)n1. The van der Waals surface area contributed by atoms with E-state index in [1.807, 2.05) is 20.8 Å². The molecule has 3 rings (SSSR count). The fourth-order valence-corrected chi connectivity index (χ4v) is 3.05. The molecule has 1 aromatic heterocycles. The van der Waals surface area contributed by atoms with Crippen molar-refractivity contribution in [2.45, 2.75) is 26.8 Å². The Hall–Kier alpha value is -1.77. The predicted molar refractivity (Wildman–Crippen MR) is 92.6 cm³/mol. The average Bonchev–Trinajstić information content (AvgIpc) is 3.06. The lowest BCUT2D eigenvalue weighted by Gasteiger charge is -2.28. The van der Waals surface area contributed by atoms with Crippen LogP contribution in [-0.2, 0) is 4.74 Å². The number of nitrogens with zero attached hydrogens (tertiary/aromatic N) is 3. The summed E-state index contributed by atoms with van der Waals surface area (Å²) in [4.78, 5) is 27.4. The average molecular weight is 349 g/mol. The summed E-state index contributed by atoms with van der Waals surface area (Å²) in [6.45, 7) is 10.1. The Bertz CT molecular complexity index is 637. The first-order valence-electron chi connectivity index (χ1n) is 8.83. The van der Waals surface area contributed by atoms with E-state index in [2.05, 4.69) is 15.7 Å². The molecule has 0 spiro atoms. The lowest BCUT2D eigenvalue weighted by Crippen LogP contribution is -2.44. The summed E-state index contributed by atoms with van der Waals surface area (Å²) in [5.74, 6) is -0.260. The van der Waals surface area contributed by atoms with Crippen molar-refractivity contribution in [3.8, 4) is 0 Å². The summed E-state index contributed by atoms with van der Waals surface area (Å²) in [7, 11) is 0. The van der Waals surface area contributed by atoms with Gasteiger partial charge in [0.15, 0.2) is 5.69 Å². The largest absolute Gasteiger partial charge is 0.378 e. The summed E-state index contributed by atoms with van der Waals surface area (Å²) in [5, 5.41) is 11.1. The molecule has 138 valence electrons. The molecule has 0 saturated carbocycles. The highest BCUT2D eigenvalue weighted by atomic mass is 16.5. The van der Waals surface area contributed by atoms with Gasteiger partial charge in [0, 0.05) is 55.9 Å². The quantitative estimate of drug-likeness (QED) is 0.797. The van der Waals surface area contributed by atoms with E-state index >= 15 is 0 Å². The van der Waals surface area contributed by atoms with Crippen LogP contribution in [0.3, 0.4) is 0 Å². The van der Waals surface area contributed by atoms with Gasteiger partial charge in [0.25, 0.3) is 11.8 Å². The van der Waals surface area contributed by atoms with Gasteiger partial charge in [-0.05, 0) is 0 Å². The number of rotatable bonds is 2. The van der Waals surface area contributed by atoms with E-state index in [-0.39, 0.29) is 17.9 Å². The van der Waals surface area contributed by atoms with Gasteiger partial charge < -0.3 is 20.3 Å². The molecule has 0 bridgehead atoms. The lowest BCUT2D eigenvalue weighted by molar-refractivity contribution is 0.0297. The molecule has 2 saturated heterocycles. The van der Waals surface area contributed by atoms with Crippen molar-refractivity contribution in [2.75, 3.05) is 45.9 Å². The third kappa shape index (κ3) is 3.91. The molecule has 0 radical (unpaired) electrons. The normalized spacial score (nSPS) is 22.0. The van der Waals surface area contributed by atoms with Crippen molar-refractivity contribution in [2.24, 2.45) is 5.41 Å². The van der Waals surface area contributed by atoms with E-state index in [0.717, 1.165) is 18.7 Å². The maximum atomic E-state index is 13.0. The van der Waals surface area contributed by atoms with Crippen LogP contribution >= 0.6 is 0 Å². The van der Waals surface area contributed by atoms with Gasteiger partial charge >= 0.3 is 0 Å². The minimum atomic E-state index is -0.569. The molecule has 2 aliphatic rings. The first-order valence-corrected chi connectivity index (χ1v) is 8.83. The maximum Gasteiger partial charge on any atom is 0.274 e. The van der Waals surface area contributed by atoms with Crippen molar-refractivity contribution in [1.29, 1.82) is 0 Å². The number of hydrogen-bond donors (Lipinski definition) is 2. The monoisotopic (exact) mass is 349 g/mol. The molecule has 2 N–H and O–H groups in total. The molecule has 2 fully saturated rings. The Kier molecular flexibility index (Phi) is 5.21. The van der Waals surface area contributed by atoms with Crippen LogP contribution in [-0.4, -0.2) is 72.4 Å². The Morgan fingerprint density at radius 3 is 2.56 bits per heavy atom. The van der Waals surface area contributed by atoms with Crippen LogP contribution < -0.4 is 10.6 Å². The molecule has 8 heteroatoms. The van der Waals surface area contributed by atoms with Crippen molar-refractivity contribution in [1.82, 2.24) is 25.3 Å². The maximum absolute atomic E-state index is 13.0. The van der Waals surface area contributed by atoms with Gasteiger partial charge in [0.2, 0.25) is 0 Å². The van der Waals surface area contributed by atoms with Crippen LogP contribution in [0, 0.1) is 5.41 Å². The van der Waals surface area contributed by atoms with E-state index in [1.165, 1.54) is 4.68 Å². The molecule has 1 unspecified atom stereocenters. The number of aromatic nitrogens is 2. The molecule has 25 heavy (non-hydrogen) atoms. The highest BCUT2D eigenvalue weighted by Crippen LogP contribution is 2.23. The summed E-state index contributed by atoms with van der Waals surface area (Å²) in [6.07, 6.45) is 1.71. The Balaban J connectivity index is 1.94. The number of amides is 1. The third-order valence-electron chi connectivity index (χ3n) is 4.51. The van der Waals surface area contributed by atoms with Crippen molar-refractivity contribution in [3.63, 3.8) is 0 Å². The van der Waals surface area contributed by atoms with Crippen molar-refractivity contribution >= 4 is 11.8 Å². The van der Waals surface area contributed by atoms with Crippen LogP contribution in [0.15, 0.2) is 6.20 Å². The van der Waals surface area contributed by atoms with E-state index in [0.29, 0.717) is 38.5 Å². The predicted octanol–water partition coefficient (Wildman–Crippen LogP) is 0.276. The number of morpholine rings is 1. The van der Waals surface area contributed by atoms with Gasteiger partial charge in [-0.3, -0.25) is 9.59 Å². The number of carbonyl (C=O) groups is 2. The van der Waals surface area contributed by atoms with E-state index < -0.39 is 5.41 Å². The first-order chi connectivity index (χ1) is 11.9. The van der Waals surface area contributed by atoms with Crippen LogP contribution in [0.25, 0.3) is 0 Å². The fraction of sp³-hybridized carbons (Fsp3) is 0.706. The number of ether oxygens (including phenoxy) is 1. The standard InChI is InChI=1S/C17H27N5O3/c1-17(2,3)16(24)22-11-12(13-10-18-4-5-19-13)14(20-22)15(23)21-6-8-25-9-7-21/h11,13,18-19H,4-10H2,1-3H3. The van der Waals surface area contributed by atoms with Crippen LogP contribution in [0.2, 0.25) is 0 Å². The van der Waals surface area contributed by atoms with Gasteiger partial charge in [-0.2, -0.15) is 5.10 Å². The molecule has 8 nitrogen and oxygen atoms in total. The molecule has 0 aromatic carbocycles. The molecule has 1 amide bonds. The summed E-state index contributed by atoms with van der Waals surface area (Å²) in [5.41, 5.74) is 0.572. The zero-order valence-corrected chi connectivity index (χ0v) is 15.2. The summed E-state index contributed by atoms with van der Waals surface area (Å²) >= 11 is 0. The Labute approximate surface area is 147 Å². The minimum Gasteiger partial charge on any atom is -0.378 e. The summed E-state index contributed by atoms with van der Waals surface area (Å²) < 4.78 is 6.66. The Morgan fingerprint density at radius 2 is 1.96 bits per heavy atom.